The molecule has 0 aromatic heterocycles. The smallest absolute Gasteiger partial charge is 0.207 e. The first-order chi connectivity index (χ1) is 8.91. The molecule has 0 fully saturated rings. The van der Waals surface area contributed by atoms with E-state index in [9.17, 15) is 17.6 Å². The Labute approximate surface area is 112 Å². The van der Waals surface area contributed by atoms with Crippen LogP contribution in [0, 0.1) is 5.82 Å². The second kappa shape index (κ2) is 5.21. The first-order valence-corrected chi connectivity index (χ1v) is 5.97. The molecular weight excluding hydrogens is 280 g/mol. The van der Waals surface area contributed by atoms with Gasteiger partial charge in [0.1, 0.15) is 5.82 Å². The molecule has 0 saturated heterocycles. The van der Waals surface area contributed by atoms with Crippen LogP contribution in [0.15, 0.2) is 42.5 Å². The highest BCUT2D eigenvalue weighted by Gasteiger charge is 2.29. The number of alkyl halides is 4. The fourth-order valence-electron chi connectivity index (χ4n) is 1.71. The molecule has 0 nitrogen and oxygen atoms in total. The van der Waals surface area contributed by atoms with Gasteiger partial charge in [-0.25, -0.2) is 4.39 Å². The Balaban J connectivity index is 2.37. The predicted molar refractivity (Wildman–Crippen MR) is 66.4 cm³/mol. The van der Waals surface area contributed by atoms with Gasteiger partial charge in [0.25, 0.3) is 0 Å². The van der Waals surface area contributed by atoms with Crippen molar-refractivity contribution >= 4 is 11.6 Å². The predicted octanol–water partition coefficient (Wildman–Crippen LogP) is 5.25. The Kier molecular flexibility index (Phi) is 3.80. The molecule has 0 spiro atoms. The molecule has 5 heteroatoms. The minimum absolute atomic E-state index is 0.0142. The molecule has 0 aliphatic carbocycles. The summed E-state index contributed by atoms with van der Waals surface area (Å²) in [6.07, 6.45) is -4.36. The molecule has 2 aromatic carbocycles. The zero-order valence-corrected chi connectivity index (χ0v) is 10.4. The van der Waals surface area contributed by atoms with Crippen LogP contribution in [0.5, 0.6) is 0 Å². The third-order valence-electron chi connectivity index (χ3n) is 2.74. The lowest BCUT2D eigenvalue weighted by atomic mass is 10.0. The van der Waals surface area contributed by atoms with E-state index in [0.717, 1.165) is 12.1 Å². The van der Waals surface area contributed by atoms with E-state index in [1.54, 1.807) is 0 Å². The number of benzene rings is 2. The van der Waals surface area contributed by atoms with Crippen LogP contribution in [0.25, 0.3) is 11.1 Å². The molecule has 0 radical (unpaired) electrons. The van der Waals surface area contributed by atoms with Crippen molar-refractivity contribution in [2.24, 2.45) is 0 Å². The zero-order chi connectivity index (χ0) is 14.0. The average Bonchev–Trinajstić information content (AvgIpc) is 2.38. The van der Waals surface area contributed by atoms with Gasteiger partial charge in [0, 0.05) is 5.56 Å². The van der Waals surface area contributed by atoms with Gasteiger partial charge in [0.2, 0.25) is 0 Å². The summed E-state index contributed by atoms with van der Waals surface area (Å²) >= 11 is 5.59. The average molecular weight is 289 g/mol. The molecule has 0 N–H and O–H groups in total. The Bertz CT molecular complexity index is 573. The third kappa shape index (κ3) is 3.07. The van der Waals surface area contributed by atoms with Crippen molar-refractivity contribution in [3.8, 4) is 11.1 Å². The van der Waals surface area contributed by atoms with E-state index >= 15 is 0 Å². The van der Waals surface area contributed by atoms with E-state index in [1.165, 1.54) is 30.3 Å². The van der Waals surface area contributed by atoms with Gasteiger partial charge in [-0.15, -0.1) is 11.6 Å². The maximum atomic E-state index is 13.3. The molecule has 2 aromatic rings. The molecule has 0 unspecified atom stereocenters. The summed E-state index contributed by atoms with van der Waals surface area (Å²) in [4.78, 5) is 0. The summed E-state index contributed by atoms with van der Waals surface area (Å²) < 4.78 is 50.6. The normalized spacial score (nSPS) is 11.6. The highest BCUT2D eigenvalue weighted by Crippen LogP contribution is 2.31. The first-order valence-electron chi connectivity index (χ1n) is 5.44. The maximum Gasteiger partial charge on any atom is 0.416 e. The summed E-state index contributed by atoms with van der Waals surface area (Å²) in [6, 6.07) is 9.00. The molecular formula is C14H9ClF4. The lowest BCUT2D eigenvalue weighted by Gasteiger charge is -2.08. The number of halogens is 5. The minimum atomic E-state index is -4.36. The van der Waals surface area contributed by atoms with Crippen molar-refractivity contribution in [1.82, 2.24) is 0 Å². The van der Waals surface area contributed by atoms with Crippen LogP contribution in [0.4, 0.5) is 17.6 Å². The van der Waals surface area contributed by atoms with E-state index in [1.807, 2.05) is 0 Å². The van der Waals surface area contributed by atoms with E-state index in [2.05, 4.69) is 0 Å². The van der Waals surface area contributed by atoms with E-state index < -0.39 is 17.6 Å². The highest BCUT2D eigenvalue weighted by atomic mass is 35.5. The van der Waals surface area contributed by atoms with Crippen LogP contribution in [0.2, 0.25) is 0 Å². The van der Waals surface area contributed by atoms with Crippen LogP contribution in [0.3, 0.4) is 0 Å². The standard InChI is InChI=1S/C14H9ClF4/c15-8-11-7-10(3-6-13(11)16)9-1-4-12(5-2-9)14(17,18)19/h1-7H,8H2. The van der Waals surface area contributed by atoms with Gasteiger partial charge in [-0.3, -0.25) is 0 Å². The number of rotatable bonds is 2. The monoisotopic (exact) mass is 288 g/mol. The lowest BCUT2D eigenvalue weighted by molar-refractivity contribution is -0.137. The van der Waals surface area contributed by atoms with Crippen molar-refractivity contribution in [2.75, 3.05) is 0 Å². The fraction of sp³-hybridized carbons (Fsp3) is 0.143. The van der Waals surface area contributed by atoms with Gasteiger partial charge in [0.05, 0.1) is 11.4 Å². The zero-order valence-electron chi connectivity index (χ0n) is 9.64. The number of hydrogen-bond acceptors (Lipinski definition) is 0. The van der Waals surface area contributed by atoms with E-state index in [-0.39, 0.29) is 5.88 Å². The molecule has 0 aliphatic rings. The summed E-state index contributed by atoms with van der Waals surface area (Å²) in [5, 5.41) is 0. The summed E-state index contributed by atoms with van der Waals surface area (Å²) in [7, 11) is 0. The highest BCUT2D eigenvalue weighted by molar-refractivity contribution is 6.17. The quantitative estimate of drug-likeness (QED) is 0.523. The van der Waals surface area contributed by atoms with Crippen molar-refractivity contribution in [1.29, 1.82) is 0 Å². The van der Waals surface area contributed by atoms with Crippen molar-refractivity contribution < 1.29 is 17.6 Å². The Morgan fingerprint density at radius 2 is 1.47 bits per heavy atom. The van der Waals surface area contributed by atoms with Crippen LogP contribution in [-0.2, 0) is 12.1 Å². The van der Waals surface area contributed by atoms with E-state index in [0.29, 0.717) is 16.7 Å². The molecule has 0 saturated carbocycles. The van der Waals surface area contributed by atoms with Crippen molar-refractivity contribution in [3.05, 3.63) is 59.4 Å². The Hall–Kier alpha value is -1.55. The molecule has 100 valence electrons. The molecule has 0 aliphatic heterocycles. The molecule has 19 heavy (non-hydrogen) atoms. The fourth-order valence-corrected chi connectivity index (χ4v) is 1.91. The molecule has 0 atom stereocenters. The minimum Gasteiger partial charge on any atom is -0.207 e. The summed E-state index contributed by atoms with van der Waals surface area (Å²) in [5.74, 6) is -0.411. The second-order valence-corrected chi connectivity index (χ2v) is 4.28. The van der Waals surface area contributed by atoms with Gasteiger partial charge >= 0.3 is 6.18 Å². The SMILES string of the molecule is Fc1ccc(-c2ccc(C(F)(F)F)cc2)cc1CCl. The second-order valence-electron chi connectivity index (χ2n) is 4.01. The van der Waals surface area contributed by atoms with E-state index in [4.69, 9.17) is 11.6 Å². The lowest BCUT2D eigenvalue weighted by Crippen LogP contribution is -2.04. The van der Waals surface area contributed by atoms with Crippen LogP contribution >= 0.6 is 11.6 Å². The van der Waals surface area contributed by atoms with Gasteiger partial charge < -0.3 is 0 Å². The van der Waals surface area contributed by atoms with Crippen LogP contribution in [-0.4, -0.2) is 0 Å². The Morgan fingerprint density at radius 1 is 0.895 bits per heavy atom. The van der Waals surface area contributed by atoms with Crippen molar-refractivity contribution in [2.45, 2.75) is 12.1 Å². The van der Waals surface area contributed by atoms with Crippen LogP contribution in [0.1, 0.15) is 11.1 Å². The van der Waals surface area contributed by atoms with Crippen molar-refractivity contribution in [3.63, 3.8) is 0 Å². The Morgan fingerprint density at radius 3 is 2.00 bits per heavy atom. The van der Waals surface area contributed by atoms with Gasteiger partial charge in [0.15, 0.2) is 0 Å². The largest absolute Gasteiger partial charge is 0.416 e. The summed E-state index contributed by atoms with van der Waals surface area (Å²) in [6.45, 7) is 0. The first kappa shape index (κ1) is 13.9. The molecule has 2 rings (SSSR count). The van der Waals surface area contributed by atoms with Gasteiger partial charge in [-0.1, -0.05) is 18.2 Å². The molecule has 0 amide bonds. The number of hydrogen-bond donors (Lipinski definition) is 0. The maximum absolute atomic E-state index is 13.3. The summed E-state index contributed by atoms with van der Waals surface area (Å²) in [5.41, 5.74) is 0.820. The molecule has 0 bridgehead atoms. The van der Waals surface area contributed by atoms with Gasteiger partial charge in [-0.2, -0.15) is 13.2 Å². The van der Waals surface area contributed by atoms with Gasteiger partial charge in [-0.05, 0) is 35.4 Å². The van der Waals surface area contributed by atoms with Crippen LogP contribution < -0.4 is 0 Å². The third-order valence-corrected chi connectivity index (χ3v) is 3.02. The topological polar surface area (TPSA) is 0 Å². The molecule has 0 heterocycles.